The number of hydrogen-bond acceptors (Lipinski definition) is 5. The van der Waals surface area contributed by atoms with Crippen molar-refractivity contribution in [1.29, 1.82) is 0 Å². The third-order valence-electron chi connectivity index (χ3n) is 10.5. The summed E-state index contributed by atoms with van der Waals surface area (Å²) in [5.74, 6) is 1.35. The van der Waals surface area contributed by atoms with Gasteiger partial charge in [-0.05, 0) is 60.9 Å². The summed E-state index contributed by atoms with van der Waals surface area (Å²) >= 11 is 0. The van der Waals surface area contributed by atoms with Crippen LogP contribution in [0.2, 0.25) is 18.1 Å². The molecule has 6 nitrogen and oxygen atoms in total. The van der Waals surface area contributed by atoms with E-state index in [0.717, 1.165) is 37.2 Å². The highest BCUT2D eigenvalue weighted by Gasteiger charge is 2.43. The molecular weight excluding hydrogens is 577 g/mol. The maximum absolute atomic E-state index is 13.9. The number of aryl methyl sites for hydroxylation is 1. The summed E-state index contributed by atoms with van der Waals surface area (Å²) in [6.45, 7) is 15.1. The molecule has 244 valence electrons. The Morgan fingerprint density at radius 2 is 1.67 bits per heavy atom. The predicted octanol–water partition coefficient (Wildman–Crippen LogP) is 9.64. The summed E-state index contributed by atoms with van der Waals surface area (Å²) in [5, 5.41) is 3.15. The molecule has 1 fully saturated rings. The number of benzene rings is 2. The highest BCUT2D eigenvalue weighted by molar-refractivity contribution is 6.74. The third kappa shape index (κ3) is 9.04. The maximum atomic E-state index is 13.9. The molecule has 1 amide bonds. The SMILES string of the molecule is CC(C)C(C)(C)[Si](C)(C)OCCCc1ccccc1C(=O)c1ccccc1-c1nc(C(=O)NCCCCC2CCCCC2)co1. The molecule has 0 saturated heterocycles. The summed E-state index contributed by atoms with van der Waals surface area (Å²) in [4.78, 5) is 31.2. The fourth-order valence-electron chi connectivity index (χ4n) is 6.27. The van der Waals surface area contributed by atoms with E-state index in [-0.39, 0.29) is 28.3 Å². The molecule has 0 radical (unpaired) electrons. The Hall–Kier alpha value is -3.03. The number of unbranched alkanes of at least 4 members (excludes halogenated alkanes) is 1. The van der Waals surface area contributed by atoms with Gasteiger partial charge >= 0.3 is 0 Å². The lowest BCUT2D eigenvalue weighted by atomic mass is 9.86. The van der Waals surface area contributed by atoms with E-state index < -0.39 is 8.32 Å². The summed E-state index contributed by atoms with van der Waals surface area (Å²) in [5.41, 5.74) is 2.98. The quantitative estimate of drug-likeness (QED) is 0.0968. The number of aromatic nitrogens is 1. The molecule has 0 spiro atoms. The van der Waals surface area contributed by atoms with Crippen molar-refractivity contribution in [3.05, 3.63) is 77.2 Å². The lowest BCUT2D eigenvalue weighted by Crippen LogP contribution is -2.45. The average Bonchev–Trinajstić information content (AvgIpc) is 3.54. The Morgan fingerprint density at radius 3 is 2.40 bits per heavy atom. The molecule has 0 atom stereocenters. The first-order chi connectivity index (χ1) is 21.5. The Bertz CT molecular complexity index is 1400. The van der Waals surface area contributed by atoms with Gasteiger partial charge in [0.1, 0.15) is 6.26 Å². The Balaban J connectivity index is 1.36. The molecule has 45 heavy (non-hydrogen) atoms. The lowest BCUT2D eigenvalue weighted by molar-refractivity contribution is 0.0947. The van der Waals surface area contributed by atoms with Gasteiger partial charge in [-0.1, -0.05) is 115 Å². The van der Waals surface area contributed by atoms with Crippen LogP contribution < -0.4 is 5.32 Å². The maximum Gasteiger partial charge on any atom is 0.273 e. The molecule has 1 aliphatic rings. The number of nitrogens with one attached hydrogen (secondary N) is 1. The van der Waals surface area contributed by atoms with Crippen molar-refractivity contribution in [2.24, 2.45) is 11.8 Å². The summed E-state index contributed by atoms with van der Waals surface area (Å²) < 4.78 is 12.3. The molecular formula is C38H54N2O4Si. The molecule has 1 aromatic heterocycles. The van der Waals surface area contributed by atoms with Crippen LogP contribution in [0.25, 0.3) is 11.5 Å². The van der Waals surface area contributed by atoms with E-state index in [0.29, 0.717) is 35.8 Å². The predicted molar refractivity (Wildman–Crippen MR) is 185 cm³/mol. The van der Waals surface area contributed by atoms with Crippen LogP contribution in [0.3, 0.4) is 0 Å². The second-order valence-corrected chi connectivity index (χ2v) is 18.8. The number of carbonyl (C=O) groups is 2. The van der Waals surface area contributed by atoms with Gasteiger partial charge in [-0.15, -0.1) is 0 Å². The zero-order chi connectivity index (χ0) is 32.5. The van der Waals surface area contributed by atoms with Crippen LogP contribution in [-0.2, 0) is 10.8 Å². The molecule has 1 heterocycles. The van der Waals surface area contributed by atoms with E-state index >= 15 is 0 Å². The normalized spacial score (nSPS) is 14.6. The summed E-state index contributed by atoms with van der Waals surface area (Å²) in [6.07, 6.45) is 13.1. The minimum atomic E-state index is -1.90. The topological polar surface area (TPSA) is 81.4 Å². The Labute approximate surface area is 271 Å². The van der Waals surface area contributed by atoms with Gasteiger partial charge in [0.05, 0.1) is 0 Å². The van der Waals surface area contributed by atoms with Gasteiger partial charge in [0.2, 0.25) is 5.89 Å². The number of carbonyl (C=O) groups excluding carboxylic acids is 2. The molecule has 0 unspecified atom stereocenters. The van der Waals surface area contributed by atoms with Crippen molar-refractivity contribution in [1.82, 2.24) is 10.3 Å². The van der Waals surface area contributed by atoms with Crippen molar-refractivity contribution in [2.45, 2.75) is 110 Å². The van der Waals surface area contributed by atoms with Crippen LogP contribution in [0, 0.1) is 11.8 Å². The van der Waals surface area contributed by atoms with Gasteiger partial charge in [0, 0.05) is 29.8 Å². The number of rotatable bonds is 16. The fourth-order valence-corrected chi connectivity index (χ4v) is 8.69. The molecule has 1 N–H and O–H groups in total. The number of nitrogens with zero attached hydrogens (tertiary/aromatic N) is 1. The number of hydrogen-bond donors (Lipinski definition) is 1. The van der Waals surface area contributed by atoms with E-state index in [1.807, 2.05) is 42.5 Å². The second-order valence-electron chi connectivity index (χ2n) is 14.2. The molecule has 0 bridgehead atoms. The first-order valence-corrected chi connectivity index (χ1v) is 20.0. The molecule has 7 heteroatoms. The van der Waals surface area contributed by atoms with E-state index in [1.54, 1.807) is 6.07 Å². The molecule has 2 aromatic carbocycles. The Kier molecular flexibility index (Phi) is 12.4. The van der Waals surface area contributed by atoms with Crippen molar-refractivity contribution in [3.63, 3.8) is 0 Å². The van der Waals surface area contributed by atoms with Crippen molar-refractivity contribution >= 4 is 20.0 Å². The zero-order valence-electron chi connectivity index (χ0n) is 28.4. The fraction of sp³-hybridized carbons (Fsp3) is 0.553. The lowest BCUT2D eigenvalue weighted by Gasteiger charge is -2.42. The second kappa shape index (κ2) is 16.0. The van der Waals surface area contributed by atoms with Gasteiger partial charge in [0.15, 0.2) is 19.8 Å². The smallest absolute Gasteiger partial charge is 0.273 e. The van der Waals surface area contributed by atoms with Gasteiger partial charge in [-0.3, -0.25) is 9.59 Å². The van der Waals surface area contributed by atoms with Crippen LogP contribution in [0.1, 0.15) is 117 Å². The minimum Gasteiger partial charge on any atom is -0.444 e. The largest absolute Gasteiger partial charge is 0.444 e. The summed E-state index contributed by atoms with van der Waals surface area (Å²) in [6, 6.07) is 15.1. The van der Waals surface area contributed by atoms with Crippen LogP contribution in [0.5, 0.6) is 0 Å². The van der Waals surface area contributed by atoms with Gasteiger partial charge in [-0.2, -0.15) is 0 Å². The van der Waals surface area contributed by atoms with E-state index in [9.17, 15) is 9.59 Å². The summed E-state index contributed by atoms with van der Waals surface area (Å²) in [7, 11) is -1.90. The van der Waals surface area contributed by atoms with Crippen LogP contribution in [0.4, 0.5) is 0 Å². The molecule has 3 aromatic rings. The first kappa shape index (κ1) is 34.8. The zero-order valence-corrected chi connectivity index (χ0v) is 29.4. The minimum absolute atomic E-state index is 0.0834. The van der Waals surface area contributed by atoms with Gasteiger partial charge < -0.3 is 14.2 Å². The van der Waals surface area contributed by atoms with Crippen molar-refractivity contribution < 1.29 is 18.4 Å². The molecule has 4 rings (SSSR count). The standard InChI is InChI=1S/C38H54N2O4Si/c1-28(2)38(3,4)45(5,6)44-26-16-21-30-20-10-11-22-31(30)35(41)32-23-12-13-24-33(32)37-40-34(27-43-37)36(42)39-25-15-14-19-29-17-8-7-9-18-29/h10-13,20,22-24,27-29H,7-9,14-19,21,25-26H2,1-6H3,(H,39,42). The number of oxazole rings is 1. The van der Waals surface area contributed by atoms with Gasteiger partial charge in [-0.25, -0.2) is 4.98 Å². The molecule has 0 aliphatic heterocycles. The monoisotopic (exact) mass is 630 g/mol. The van der Waals surface area contributed by atoms with E-state index in [4.69, 9.17) is 8.84 Å². The number of amides is 1. The van der Waals surface area contributed by atoms with Crippen LogP contribution in [-0.4, -0.2) is 38.1 Å². The van der Waals surface area contributed by atoms with Crippen LogP contribution in [0.15, 0.2) is 59.2 Å². The van der Waals surface area contributed by atoms with Crippen molar-refractivity contribution in [2.75, 3.05) is 13.2 Å². The first-order valence-electron chi connectivity index (χ1n) is 17.1. The average molecular weight is 631 g/mol. The highest BCUT2D eigenvalue weighted by atomic mass is 28.4. The van der Waals surface area contributed by atoms with Crippen LogP contribution >= 0.6 is 0 Å². The van der Waals surface area contributed by atoms with Gasteiger partial charge in [0.25, 0.3) is 5.91 Å². The molecule has 1 saturated carbocycles. The number of ketones is 1. The van der Waals surface area contributed by atoms with E-state index in [2.05, 4.69) is 51.1 Å². The van der Waals surface area contributed by atoms with E-state index in [1.165, 1.54) is 44.8 Å². The third-order valence-corrected chi connectivity index (χ3v) is 15.1. The van der Waals surface area contributed by atoms with Crippen molar-refractivity contribution in [3.8, 4) is 11.5 Å². The Morgan fingerprint density at radius 1 is 0.978 bits per heavy atom. The highest BCUT2D eigenvalue weighted by Crippen LogP contribution is 2.44. The molecule has 1 aliphatic carbocycles.